The first-order valence-electron chi connectivity index (χ1n) is 6.51. The van der Waals surface area contributed by atoms with E-state index in [0.29, 0.717) is 29.5 Å². The summed E-state index contributed by atoms with van der Waals surface area (Å²) in [6.45, 7) is 5.79. The second kappa shape index (κ2) is 6.19. The van der Waals surface area contributed by atoms with Crippen LogP contribution in [0.1, 0.15) is 30.1 Å². The minimum absolute atomic E-state index is 0.0912. The van der Waals surface area contributed by atoms with E-state index in [0.717, 1.165) is 0 Å². The Kier molecular flexibility index (Phi) is 4.35. The smallest absolute Gasteiger partial charge is 0.336 e. The van der Waals surface area contributed by atoms with Crippen LogP contribution in [-0.2, 0) is 0 Å². The van der Waals surface area contributed by atoms with Gasteiger partial charge in [-0.3, -0.25) is 4.79 Å². The highest BCUT2D eigenvalue weighted by Gasteiger charge is 2.18. The molecule has 0 saturated carbocycles. The van der Waals surface area contributed by atoms with E-state index in [1.165, 1.54) is 6.07 Å². The predicted molar refractivity (Wildman–Crippen MR) is 77.4 cm³/mol. The number of benzene rings is 1. The molecule has 0 atom stereocenters. The molecule has 2 rings (SSSR count). The average molecular weight is 272 g/mol. The Balaban J connectivity index is 2.66. The minimum atomic E-state index is -0.482. The highest BCUT2D eigenvalue weighted by molar-refractivity contribution is 6.08. The molecular weight excluding hydrogens is 256 g/mol. The van der Waals surface area contributed by atoms with Gasteiger partial charge in [-0.25, -0.2) is 4.79 Å². The Morgan fingerprint density at radius 1 is 1.35 bits per heavy atom. The van der Waals surface area contributed by atoms with Gasteiger partial charge in [0.05, 0.1) is 0 Å². The predicted octanol–water partition coefficient (Wildman–Crippen LogP) is 3.34. The summed E-state index contributed by atoms with van der Waals surface area (Å²) in [6.07, 6.45) is 2.69. The van der Waals surface area contributed by atoms with Crippen LogP contribution in [0, 0.1) is 0 Å². The molecule has 1 heterocycles. The van der Waals surface area contributed by atoms with Gasteiger partial charge >= 0.3 is 5.63 Å². The number of rotatable bonds is 6. The van der Waals surface area contributed by atoms with Gasteiger partial charge in [-0.15, -0.1) is 0 Å². The largest absolute Gasteiger partial charge is 0.489 e. The van der Waals surface area contributed by atoms with Crippen molar-refractivity contribution in [3.8, 4) is 5.75 Å². The lowest BCUT2D eigenvalue weighted by Crippen LogP contribution is -2.07. The summed E-state index contributed by atoms with van der Waals surface area (Å²) < 4.78 is 10.7. The Morgan fingerprint density at radius 2 is 2.10 bits per heavy atom. The summed E-state index contributed by atoms with van der Waals surface area (Å²) in [7, 11) is 0. The van der Waals surface area contributed by atoms with Crippen molar-refractivity contribution in [2.45, 2.75) is 19.8 Å². The minimum Gasteiger partial charge on any atom is -0.489 e. The first-order chi connectivity index (χ1) is 9.67. The van der Waals surface area contributed by atoms with Crippen molar-refractivity contribution >= 4 is 16.8 Å². The maximum atomic E-state index is 12.3. The lowest BCUT2D eigenvalue weighted by Gasteiger charge is -2.11. The van der Waals surface area contributed by atoms with Crippen LogP contribution in [0.2, 0.25) is 0 Å². The van der Waals surface area contributed by atoms with Gasteiger partial charge in [0.15, 0.2) is 11.4 Å². The molecule has 0 spiro atoms. The zero-order valence-corrected chi connectivity index (χ0v) is 11.3. The van der Waals surface area contributed by atoms with Crippen molar-refractivity contribution in [2.24, 2.45) is 0 Å². The summed E-state index contributed by atoms with van der Waals surface area (Å²) in [5.41, 5.74) is 0.144. The fourth-order valence-electron chi connectivity index (χ4n) is 2.00. The first kappa shape index (κ1) is 14.1. The second-order valence-electron chi connectivity index (χ2n) is 4.38. The summed E-state index contributed by atoms with van der Waals surface area (Å²) >= 11 is 0. The molecule has 1 aromatic heterocycles. The van der Waals surface area contributed by atoms with E-state index in [1.54, 1.807) is 24.3 Å². The lowest BCUT2D eigenvalue weighted by atomic mass is 10.0. The van der Waals surface area contributed by atoms with Gasteiger partial charge in [-0.05, 0) is 24.6 Å². The zero-order chi connectivity index (χ0) is 14.5. The van der Waals surface area contributed by atoms with E-state index < -0.39 is 5.63 Å². The van der Waals surface area contributed by atoms with Crippen LogP contribution in [0.4, 0.5) is 0 Å². The number of ketones is 1. The molecule has 0 amide bonds. The Hall–Kier alpha value is -2.36. The van der Waals surface area contributed by atoms with Crippen molar-refractivity contribution in [1.82, 2.24) is 0 Å². The van der Waals surface area contributed by atoms with Crippen LogP contribution >= 0.6 is 0 Å². The van der Waals surface area contributed by atoms with Crippen LogP contribution in [0.3, 0.4) is 0 Å². The van der Waals surface area contributed by atoms with Crippen LogP contribution in [0.25, 0.3) is 11.0 Å². The molecule has 0 N–H and O–H groups in total. The molecule has 0 aliphatic heterocycles. The maximum Gasteiger partial charge on any atom is 0.336 e. The number of ether oxygens (including phenoxy) is 1. The molecule has 2 aromatic rings. The van der Waals surface area contributed by atoms with Crippen LogP contribution in [0.5, 0.6) is 5.75 Å². The number of fused-ring (bicyclic) bond motifs is 1. The van der Waals surface area contributed by atoms with Gasteiger partial charge < -0.3 is 9.15 Å². The van der Waals surface area contributed by atoms with Crippen molar-refractivity contribution in [1.29, 1.82) is 0 Å². The molecule has 0 fully saturated rings. The number of Topliss-reactive ketones (excluding diaryl/α,β-unsaturated/α-hetero) is 1. The SMILES string of the molecule is C=CCOc1ccc2ccc(=O)oc2c1C(=O)CCC. The molecule has 1 aromatic carbocycles. The molecule has 0 saturated heterocycles. The van der Waals surface area contributed by atoms with Gasteiger partial charge in [0, 0.05) is 17.9 Å². The summed E-state index contributed by atoms with van der Waals surface area (Å²) in [6, 6.07) is 6.45. The van der Waals surface area contributed by atoms with Gasteiger partial charge in [-0.1, -0.05) is 19.6 Å². The van der Waals surface area contributed by atoms with Crippen LogP contribution < -0.4 is 10.4 Å². The number of hydrogen-bond donors (Lipinski definition) is 0. The fraction of sp³-hybridized carbons (Fsp3) is 0.250. The van der Waals surface area contributed by atoms with Crippen LogP contribution in [0.15, 0.2) is 46.1 Å². The number of hydrogen-bond acceptors (Lipinski definition) is 4. The van der Waals surface area contributed by atoms with E-state index >= 15 is 0 Å². The second-order valence-corrected chi connectivity index (χ2v) is 4.38. The lowest BCUT2D eigenvalue weighted by molar-refractivity contribution is 0.0979. The topological polar surface area (TPSA) is 56.5 Å². The molecule has 0 bridgehead atoms. The van der Waals surface area contributed by atoms with Crippen molar-refractivity contribution < 1.29 is 13.9 Å². The van der Waals surface area contributed by atoms with E-state index in [1.807, 2.05) is 6.92 Å². The van der Waals surface area contributed by atoms with Gasteiger partial charge in [0.25, 0.3) is 0 Å². The van der Waals surface area contributed by atoms with Crippen molar-refractivity contribution in [2.75, 3.05) is 6.61 Å². The number of carbonyl (C=O) groups is 1. The van der Waals surface area contributed by atoms with Gasteiger partial charge in [-0.2, -0.15) is 0 Å². The van der Waals surface area contributed by atoms with Crippen LogP contribution in [-0.4, -0.2) is 12.4 Å². The zero-order valence-electron chi connectivity index (χ0n) is 11.3. The number of carbonyl (C=O) groups excluding carboxylic acids is 1. The summed E-state index contributed by atoms with van der Waals surface area (Å²) in [5, 5.41) is 0.704. The first-order valence-corrected chi connectivity index (χ1v) is 6.51. The Morgan fingerprint density at radius 3 is 2.80 bits per heavy atom. The molecule has 4 nitrogen and oxygen atoms in total. The molecule has 0 aliphatic rings. The van der Waals surface area contributed by atoms with Crippen molar-refractivity contribution in [3.05, 3.63) is 52.9 Å². The third kappa shape index (κ3) is 2.79. The standard InChI is InChI=1S/C16H16O4/c1-3-5-12(17)15-13(19-10-4-2)8-6-11-7-9-14(18)20-16(11)15/h4,6-9H,2-3,5,10H2,1H3. The van der Waals surface area contributed by atoms with E-state index in [4.69, 9.17) is 9.15 Å². The summed E-state index contributed by atoms with van der Waals surface area (Å²) in [4.78, 5) is 23.7. The van der Waals surface area contributed by atoms with E-state index in [2.05, 4.69) is 6.58 Å². The quantitative estimate of drug-likeness (QED) is 0.460. The molecule has 4 heteroatoms. The molecule has 0 aliphatic carbocycles. The maximum absolute atomic E-state index is 12.3. The molecule has 0 radical (unpaired) electrons. The Labute approximate surface area is 116 Å². The van der Waals surface area contributed by atoms with E-state index in [-0.39, 0.29) is 18.0 Å². The fourth-order valence-corrected chi connectivity index (χ4v) is 2.00. The van der Waals surface area contributed by atoms with Crippen molar-refractivity contribution in [3.63, 3.8) is 0 Å². The average Bonchev–Trinajstić information content (AvgIpc) is 2.44. The van der Waals surface area contributed by atoms with Gasteiger partial charge in [0.1, 0.15) is 17.9 Å². The molecular formula is C16H16O4. The molecule has 0 unspecified atom stereocenters. The van der Waals surface area contributed by atoms with Gasteiger partial charge in [0.2, 0.25) is 0 Å². The highest BCUT2D eigenvalue weighted by atomic mass is 16.5. The Bertz CT molecular complexity index is 697. The van der Waals surface area contributed by atoms with E-state index in [9.17, 15) is 9.59 Å². The summed E-state index contributed by atoms with van der Waals surface area (Å²) in [5.74, 6) is 0.330. The third-order valence-electron chi connectivity index (χ3n) is 2.86. The normalized spacial score (nSPS) is 10.4. The third-order valence-corrected chi connectivity index (χ3v) is 2.86. The molecule has 104 valence electrons. The monoisotopic (exact) mass is 272 g/mol. The molecule has 20 heavy (non-hydrogen) atoms. The highest BCUT2D eigenvalue weighted by Crippen LogP contribution is 2.29.